The fraction of sp³-hybridized carbons (Fsp3) is 0.476. The van der Waals surface area contributed by atoms with E-state index >= 15 is 0 Å². The van der Waals surface area contributed by atoms with Crippen LogP contribution in [0.2, 0.25) is 0 Å². The monoisotopic (exact) mass is 446 g/mol. The van der Waals surface area contributed by atoms with E-state index in [1.54, 1.807) is 28.4 Å². The van der Waals surface area contributed by atoms with Crippen molar-refractivity contribution in [2.45, 2.75) is 51.7 Å². The number of piperidine rings is 1. The molecule has 168 valence electrons. The van der Waals surface area contributed by atoms with Gasteiger partial charge in [-0.3, -0.25) is 16.3 Å². The van der Waals surface area contributed by atoms with Gasteiger partial charge in [-0.15, -0.1) is 11.3 Å². The molecule has 0 aliphatic carbocycles. The van der Waals surface area contributed by atoms with Crippen LogP contribution in [0.3, 0.4) is 0 Å². The number of carbonyl (C=O) groups is 1. The molecule has 3 rings (SSSR count). The van der Waals surface area contributed by atoms with E-state index < -0.39 is 5.60 Å². The molecule has 1 fully saturated rings. The van der Waals surface area contributed by atoms with E-state index in [9.17, 15) is 4.79 Å². The molecular formula is C21H30N6O3S. The van der Waals surface area contributed by atoms with Crippen LogP contribution in [0, 0.1) is 5.41 Å². The number of nitrogens with one attached hydrogen (secondary N) is 2. The van der Waals surface area contributed by atoms with Gasteiger partial charge in [0.15, 0.2) is 0 Å². The van der Waals surface area contributed by atoms with Crippen molar-refractivity contribution in [2.24, 2.45) is 5.84 Å². The molecule has 0 radical (unpaired) electrons. The van der Waals surface area contributed by atoms with E-state index in [0.717, 1.165) is 42.1 Å². The maximum Gasteiger partial charge on any atom is 0.410 e. The molecule has 4 N–H and O–H groups in total. The molecule has 1 atom stereocenters. The first kappa shape index (κ1) is 23.0. The van der Waals surface area contributed by atoms with Crippen molar-refractivity contribution in [3.8, 4) is 5.75 Å². The van der Waals surface area contributed by atoms with Crippen LogP contribution < -0.4 is 21.1 Å². The molecule has 1 aliphatic rings. The Bertz CT molecular complexity index is 880. The fourth-order valence-electron chi connectivity index (χ4n) is 3.29. The number of carbonyl (C=O) groups excluding carboxylic acids is 1. The molecule has 1 amide bonds. The van der Waals surface area contributed by atoms with Crippen molar-refractivity contribution in [2.75, 3.05) is 18.1 Å². The lowest BCUT2D eigenvalue weighted by molar-refractivity contribution is 0.0198. The van der Waals surface area contributed by atoms with Crippen molar-refractivity contribution in [3.63, 3.8) is 0 Å². The second-order valence-corrected chi connectivity index (χ2v) is 9.24. The van der Waals surface area contributed by atoms with Crippen molar-refractivity contribution < 1.29 is 14.3 Å². The van der Waals surface area contributed by atoms with Gasteiger partial charge in [0.05, 0.1) is 16.4 Å². The zero-order valence-electron chi connectivity index (χ0n) is 18.1. The van der Waals surface area contributed by atoms with E-state index in [1.165, 1.54) is 5.01 Å². The SMILES string of the molecule is CC(C)(C)OC(=O)N1CCCC(c2nc(COc3ccc(N(C=N)NN)cc3)cs2)C1. The number of nitrogens with zero attached hydrogens (tertiary/aromatic N) is 3. The predicted octanol–water partition coefficient (Wildman–Crippen LogP) is 3.63. The first-order valence-corrected chi connectivity index (χ1v) is 11.1. The highest BCUT2D eigenvalue weighted by atomic mass is 32.1. The van der Waals surface area contributed by atoms with E-state index in [4.69, 9.17) is 25.7 Å². The van der Waals surface area contributed by atoms with Gasteiger partial charge < -0.3 is 14.4 Å². The number of hydrogen-bond acceptors (Lipinski definition) is 8. The number of anilines is 1. The predicted molar refractivity (Wildman–Crippen MR) is 121 cm³/mol. The highest BCUT2D eigenvalue weighted by Crippen LogP contribution is 2.30. The van der Waals surface area contributed by atoms with Gasteiger partial charge in [-0.2, -0.15) is 5.53 Å². The summed E-state index contributed by atoms with van der Waals surface area (Å²) in [5.74, 6) is 6.28. The maximum absolute atomic E-state index is 12.4. The molecule has 1 aliphatic heterocycles. The third-order valence-electron chi connectivity index (χ3n) is 4.76. The fourth-order valence-corrected chi connectivity index (χ4v) is 4.23. The Morgan fingerprint density at radius 3 is 2.81 bits per heavy atom. The molecule has 1 unspecified atom stereocenters. The Kier molecular flexibility index (Phi) is 7.47. The zero-order valence-corrected chi connectivity index (χ0v) is 18.9. The third-order valence-corrected chi connectivity index (χ3v) is 5.82. The summed E-state index contributed by atoms with van der Waals surface area (Å²) >= 11 is 1.61. The van der Waals surface area contributed by atoms with Gasteiger partial charge in [-0.25, -0.2) is 9.78 Å². The first-order valence-electron chi connectivity index (χ1n) is 10.2. The van der Waals surface area contributed by atoms with Gasteiger partial charge in [0.2, 0.25) is 0 Å². The van der Waals surface area contributed by atoms with Crippen LogP contribution in [0.25, 0.3) is 0 Å². The highest BCUT2D eigenvalue weighted by Gasteiger charge is 2.29. The molecule has 10 heteroatoms. The molecule has 1 aromatic heterocycles. The van der Waals surface area contributed by atoms with Crippen LogP contribution in [-0.2, 0) is 11.3 Å². The third kappa shape index (κ3) is 6.39. The average Bonchev–Trinajstić information content (AvgIpc) is 3.22. The van der Waals surface area contributed by atoms with Crippen LogP contribution in [0.5, 0.6) is 5.75 Å². The summed E-state index contributed by atoms with van der Waals surface area (Å²) in [4.78, 5) is 18.9. The van der Waals surface area contributed by atoms with Crippen LogP contribution in [-0.4, -0.2) is 41.0 Å². The summed E-state index contributed by atoms with van der Waals surface area (Å²) in [5, 5.41) is 11.7. The number of amides is 1. The Balaban J connectivity index is 1.55. The molecule has 9 nitrogen and oxygen atoms in total. The zero-order chi connectivity index (χ0) is 22.4. The van der Waals surface area contributed by atoms with Gasteiger partial charge in [-0.1, -0.05) is 0 Å². The lowest BCUT2D eigenvalue weighted by Crippen LogP contribution is -2.42. The number of thiazole rings is 1. The Morgan fingerprint density at radius 1 is 1.42 bits per heavy atom. The van der Waals surface area contributed by atoms with Crippen LogP contribution in [0.4, 0.5) is 10.5 Å². The second kappa shape index (κ2) is 10.1. The summed E-state index contributed by atoms with van der Waals surface area (Å²) in [5.41, 5.74) is 3.51. The standard InChI is InChI=1S/C21H30N6O3S/c1-21(2,3)30-20(28)26-10-4-5-15(11-26)19-24-16(13-31-19)12-29-18-8-6-17(7-9-18)27(14-22)25-23/h6-9,13-15,22,25H,4-5,10-12,23H2,1-3H3. The molecule has 2 heterocycles. The largest absolute Gasteiger partial charge is 0.487 e. The quantitative estimate of drug-likeness (QED) is 0.257. The van der Waals surface area contributed by atoms with Gasteiger partial charge in [-0.05, 0) is 57.9 Å². The number of nitrogens with two attached hydrogens (primary N) is 1. The number of rotatable bonds is 7. The minimum Gasteiger partial charge on any atom is -0.487 e. The molecule has 0 spiro atoms. The number of ether oxygens (including phenoxy) is 2. The Morgan fingerprint density at radius 2 is 2.16 bits per heavy atom. The van der Waals surface area contributed by atoms with Crippen molar-refractivity contribution >= 4 is 29.5 Å². The first-order chi connectivity index (χ1) is 14.8. The van der Waals surface area contributed by atoms with Crippen molar-refractivity contribution in [1.29, 1.82) is 5.41 Å². The van der Waals surface area contributed by atoms with Gasteiger partial charge >= 0.3 is 6.09 Å². The molecule has 1 saturated heterocycles. The van der Waals surface area contributed by atoms with Crippen LogP contribution in [0.1, 0.15) is 50.2 Å². The highest BCUT2D eigenvalue weighted by molar-refractivity contribution is 7.09. The van der Waals surface area contributed by atoms with Crippen molar-refractivity contribution in [1.82, 2.24) is 15.4 Å². The summed E-state index contributed by atoms with van der Waals surface area (Å²) in [6, 6.07) is 7.24. The van der Waals surface area contributed by atoms with Crippen molar-refractivity contribution in [3.05, 3.63) is 40.3 Å². The maximum atomic E-state index is 12.4. The van der Waals surface area contributed by atoms with E-state index in [2.05, 4.69) is 5.53 Å². The molecule has 0 bridgehead atoms. The summed E-state index contributed by atoms with van der Waals surface area (Å²) < 4.78 is 11.4. The molecule has 0 saturated carbocycles. The van der Waals surface area contributed by atoms with Gasteiger partial charge in [0, 0.05) is 24.4 Å². The number of hydrogen-bond donors (Lipinski definition) is 3. The summed E-state index contributed by atoms with van der Waals surface area (Å²) in [6.45, 7) is 7.35. The molecular weight excluding hydrogens is 416 g/mol. The normalized spacial score (nSPS) is 16.6. The summed E-state index contributed by atoms with van der Waals surface area (Å²) in [6.07, 6.45) is 2.77. The minimum atomic E-state index is -0.494. The van der Waals surface area contributed by atoms with E-state index in [0.29, 0.717) is 18.9 Å². The number of aromatic nitrogens is 1. The van der Waals surface area contributed by atoms with Gasteiger partial charge in [0.25, 0.3) is 0 Å². The lowest BCUT2D eigenvalue weighted by atomic mass is 9.99. The summed E-state index contributed by atoms with van der Waals surface area (Å²) in [7, 11) is 0. The number of benzene rings is 1. The molecule has 2 aromatic rings. The topological polar surface area (TPSA) is 117 Å². The van der Waals surface area contributed by atoms with Gasteiger partial charge in [0.1, 0.15) is 24.3 Å². The van der Waals surface area contributed by atoms with E-state index in [-0.39, 0.29) is 12.0 Å². The Labute approximate surface area is 186 Å². The second-order valence-electron chi connectivity index (χ2n) is 8.35. The van der Waals surface area contributed by atoms with E-state index in [1.807, 2.05) is 38.3 Å². The molecule has 31 heavy (non-hydrogen) atoms. The smallest absolute Gasteiger partial charge is 0.410 e. The average molecular weight is 447 g/mol. The molecule has 1 aromatic carbocycles. The van der Waals surface area contributed by atoms with Crippen LogP contribution in [0.15, 0.2) is 29.6 Å². The minimum absolute atomic E-state index is 0.218. The lowest BCUT2D eigenvalue weighted by Gasteiger charge is -2.33. The van der Waals surface area contributed by atoms with Crippen LogP contribution >= 0.6 is 11.3 Å². The number of hydrazine groups is 2. The Hall–Kier alpha value is -2.69. The number of likely N-dealkylation sites (tertiary alicyclic amines) is 1.